The molecule has 1 aromatic rings. The molecule has 1 fully saturated rings. The number of benzene rings is 1. The SMILES string of the molecule is CCC1CC1NS(=O)(=O)c1cc(C)cc(N)c1. The number of nitrogens with two attached hydrogens (primary N) is 1. The number of hydrogen-bond acceptors (Lipinski definition) is 3. The summed E-state index contributed by atoms with van der Waals surface area (Å²) in [6.07, 6.45) is 1.96. The summed E-state index contributed by atoms with van der Waals surface area (Å²) < 4.78 is 26.9. The van der Waals surface area contributed by atoms with Crippen LogP contribution in [0.3, 0.4) is 0 Å². The van der Waals surface area contributed by atoms with E-state index in [2.05, 4.69) is 11.6 Å². The fourth-order valence-electron chi connectivity index (χ4n) is 2.04. The summed E-state index contributed by atoms with van der Waals surface area (Å²) in [4.78, 5) is 0.261. The average Bonchev–Trinajstić information content (AvgIpc) is 2.94. The van der Waals surface area contributed by atoms with Crippen LogP contribution in [-0.2, 0) is 10.0 Å². The van der Waals surface area contributed by atoms with Gasteiger partial charge in [-0.05, 0) is 43.0 Å². The van der Waals surface area contributed by atoms with Gasteiger partial charge in [-0.15, -0.1) is 0 Å². The number of rotatable bonds is 4. The molecule has 4 nitrogen and oxygen atoms in total. The van der Waals surface area contributed by atoms with E-state index in [1.165, 1.54) is 6.07 Å². The van der Waals surface area contributed by atoms with Crippen molar-refractivity contribution in [1.82, 2.24) is 4.72 Å². The van der Waals surface area contributed by atoms with E-state index in [0.717, 1.165) is 18.4 Å². The lowest BCUT2D eigenvalue weighted by Crippen LogP contribution is -2.27. The van der Waals surface area contributed by atoms with Gasteiger partial charge in [0.1, 0.15) is 0 Å². The summed E-state index contributed by atoms with van der Waals surface area (Å²) in [5.41, 5.74) is 7.00. The van der Waals surface area contributed by atoms with Crippen molar-refractivity contribution < 1.29 is 8.42 Å². The van der Waals surface area contributed by atoms with Gasteiger partial charge in [-0.2, -0.15) is 0 Å². The number of hydrogen-bond donors (Lipinski definition) is 2. The van der Waals surface area contributed by atoms with Crippen LogP contribution in [-0.4, -0.2) is 14.5 Å². The lowest BCUT2D eigenvalue weighted by molar-refractivity contribution is 0.576. The van der Waals surface area contributed by atoms with Crippen molar-refractivity contribution >= 4 is 15.7 Å². The van der Waals surface area contributed by atoms with Crippen LogP contribution in [0.2, 0.25) is 0 Å². The summed E-state index contributed by atoms with van der Waals surface area (Å²) in [5, 5.41) is 0. The molecule has 0 aliphatic heterocycles. The number of sulfonamides is 1. The van der Waals surface area contributed by atoms with Crippen LogP contribution in [0.4, 0.5) is 5.69 Å². The lowest BCUT2D eigenvalue weighted by Gasteiger charge is -2.08. The molecule has 0 bridgehead atoms. The summed E-state index contributed by atoms with van der Waals surface area (Å²) in [6.45, 7) is 3.91. The maximum absolute atomic E-state index is 12.1. The number of aryl methyl sites for hydroxylation is 1. The lowest BCUT2D eigenvalue weighted by atomic mass is 10.2. The minimum Gasteiger partial charge on any atom is -0.399 e. The minimum atomic E-state index is -3.42. The van der Waals surface area contributed by atoms with Crippen molar-refractivity contribution in [2.24, 2.45) is 5.92 Å². The Morgan fingerprint density at radius 2 is 2.12 bits per heavy atom. The van der Waals surface area contributed by atoms with Crippen molar-refractivity contribution in [1.29, 1.82) is 0 Å². The van der Waals surface area contributed by atoms with Gasteiger partial charge in [-0.3, -0.25) is 0 Å². The predicted molar refractivity (Wildman–Crippen MR) is 68.1 cm³/mol. The van der Waals surface area contributed by atoms with E-state index in [1.54, 1.807) is 12.1 Å². The Hall–Kier alpha value is -1.07. The van der Waals surface area contributed by atoms with Gasteiger partial charge in [0.15, 0.2) is 0 Å². The van der Waals surface area contributed by atoms with Crippen LogP contribution in [0.15, 0.2) is 23.1 Å². The van der Waals surface area contributed by atoms with E-state index < -0.39 is 10.0 Å². The molecule has 2 atom stereocenters. The first-order chi connectivity index (χ1) is 7.92. The molecule has 2 rings (SSSR count). The first kappa shape index (κ1) is 12.4. The van der Waals surface area contributed by atoms with Gasteiger partial charge < -0.3 is 5.73 Å². The van der Waals surface area contributed by atoms with Gasteiger partial charge in [0.2, 0.25) is 10.0 Å². The Kier molecular flexibility index (Phi) is 3.14. The molecular formula is C12H18N2O2S. The molecule has 1 aromatic carbocycles. The Balaban J connectivity index is 2.20. The van der Waals surface area contributed by atoms with E-state index in [4.69, 9.17) is 5.73 Å². The first-order valence-electron chi connectivity index (χ1n) is 5.82. The topological polar surface area (TPSA) is 72.2 Å². The van der Waals surface area contributed by atoms with E-state index in [9.17, 15) is 8.42 Å². The normalized spacial score (nSPS) is 23.6. The Bertz CT molecular complexity index is 505. The monoisotopic (exact) mass is 254 g/mol. The summed E-state index contributed by atoms with van der Waals surface area (Å²) in [5.74, 6) is 0.493. The predicted octanol–water partition coefficient (Wildman–Crippen LogP) is 1.65. The second kappa shape index (κ2) is 4.31. The van der Waals surface area contributed by atoms with Crippen molar-refractivity contribution in [2.45, 2.75) is 37.6 Å². The maximum Gasteiger partial charge on any atom is 0.240 e. The first-order valence-corrected chi connectivity index (χ1v) is 7.30. The Morgan fingerprint density at radius 3 is 2.65 bits per heavy atom. The molecule has 0 saturated heterocycles. The summed E-state index contributed by atoms with van der Waals surface area (Å²) in [6, 6.07) is 5.00. The molecule has 1 aliphatic rings. The number of nitrogen functional groups attached to an aromatic ring is 1. The summed E-state index contributed by atoms with van der Waals surface area (Å²) >= 11 is 0. The maximum atomic E-state index is 12.1. The molecule has 5 heteroatoms. The zero-order chi connectivity index (χ0) is 12.6. The quantitative estimate of drug-likeness (QED) is 0.803. The molecule has 1 saturated carbocycles. The minimum absolute atomic E-state index is 0.103. The second-order valence-corrected chi connectivity index (χ2v) is 6.43. The van der Waals surface area contributed by atoms with E-state index in [0.29, 0.717) is 11.6 Å². The molecule has 2 unspecified atom stereocenters. The molecule has 0 aromatic heterocycles. The molecule has 94 valence electrons. The molecular weight excluding hydrogens is 236 g/mol. The largest absolute Gasteiger partial charge is 0.399 e. The van der Waals surface area contributed by atoms with Crippen molar-refractivity contribution in [3.05, 3.63) is 23.8 Å². The summed E-state index contributed by atoms with van der Waals surface area (Å²) in [7, 11) is -3.42. The highest BCUT2D eigenvalue weighted by Gasteiger charge is 2.38. The molecule has 17 heavy (non-hydrogen) atoms. The van der Waals surface area contributed by atoms with Crippen LogP contribution < -0.4 is 10.5 Å². The van der Waals surface area contributed by atoms with Gasteiger partial charge in [-0.1, -0.05) is 13.3 Å². The van der Waals surface area contributed by atoms with E-state index in [-0.39, 0.29) is 10.9 Å². The zero-order valence-corrected chi connectivity index (χ0v) is 10.9. The Labute approximate surface area is 102 Å². The molecule has 0 radical (unpaired) electrons. The van der Waals surface area contributed by atoms with Crippen LogP contribution >= 0.6 is 0 Å². The Morgan fingerprint density at radius 1 is 1.41 bits per heavy atom. The van der Waals surface area contributed by atoms with Crippen LogP contribution in [0.1, 0.15) is 25.3 Å². The number of nitrogens with one attached hydrogen (secondary N) is 1. The van der Waals surface area contributed by atoms with E-state index >= 15 is 0 Å². The number of anilines is 1. The molecule has 3 N–H and O–H groups in total. The highest BCUT2D eigenvalue weighted by Crippen LogP contribution is 2.34. The van der Waals surface area contributed by atoms with Crippen molar-refractivity contribution in [3.8, 4) is 0 Å². The standard InChI is InChI=1S/C12H18N2O2S/c1-3-9-6-12(9)14-17(15,16)11-5-8(2)4-10(13)7-11/h4-5,7,9,12,14H,3,6,13H2,1-2H3. The zero-order valence-electron chi connectivity index (χ0n) is 10.1. The molecule has 0 amide bonds. The van der Waals surface area contributed by atoms with Gasteiger partial charge in [0, 0.05) is 11.7 Å². The van der Waals surface area contributed by atoms with Crippen molar-refractivity contribution in [3.63, 3.8) is 0 Å². The average molecular weight is 254 g/mol. The van der Waals surface area contributed by atoms with Gasteiger partial charge in [0.05, 0.1) is 4.90 Å². The molecule has 1 aliphatic carbocycles. The fourth-order valence-corrected chi connectivity index (χ4v) is 3.50. The van der Waals surface area contributed by atoms with Crippen LogP contribution in [0, 0.1) is 12.8 Å². The third kappa shape index (κ3) is 2.79. The fraction of sp³-hybridized carbons (Fsp3) is 0.500. The van der Waals surface area contributed by atoms with Crippen LogP contribution in [0.25, 0.3) is 0 Å². The van der Waals surface area contributed by atoms with E-state index in [1.807, 2.05) is 6.92 Å². The molecule has 0 heterocycles. The third-order valence-electron chi connectivity index (χ3n) is 3.14. The smallest absolute Gasteiger partial charge is 0.240 e. The highest BCUT2D eigenvalue weighted by molar-refractivity contribution is 7.89. The molecule has 0 spiro atoms. The van der Waals surface area contributed by atoms with Gasteiger partial charge in [0.25, 0.3) is 0 Å². The van der Waals surface area contributed by atoms with Gasteiger partial charge >= 0.3 is 0 Å². The van der Waals surface area contributed by atoms with Crippen molar-refractivity contribution in [2.75, 3.05) is 5.73 Å². The highest BCUT2D eigenvalue weighted by atomic mass is 32.2. The second-order valence-electron chi connectivity index (χ2n) is 4.71. The third-order valence-corrected chi connectivity index (χ3v) is 4.61. The van der Waals surface area contributed by atoms with Crippen LogP contribution in [0.5, 0.6) is 0 Å². The van der Waals surface area contributed by atoms with Gasteiger partial charge in [-0.25, -0.2) is 13.1 Å².